The summed E-state index contributed by atoms with van der Waals surface area (Å²) in [5.41, 5.74) is 3.48. The average Bonchev–Trinajstić information content (AvgIpc) is 2.60. The number of aromatic carboxylic acids is 1. The summed E-state index contributed by atoms with van der Waals surface area (Å²) in [4.78, 5) is 23.7. The molecule has 142 valence electrons. The SMILES string of the molecule is CC1(C)CCCc2cc(C(=O)COc3ccc(C(=O)O)cc3I)c(Br)cc21. The molecule has 0 unspecified atom stereocenters. The number of Topliss-reactive ketones (excluding diaryl/α,β-unsaturated/α-hetero) is 1. The van der Waals surface area contributed by atoms with E-state index in [0.717, 1.165) is 23.7 Å². The molecule has 1 N–H and O–H groups in total. The van der Waals surface area contributed by atoms with E-state index >= 15 is 0 Å². The first-order valence-corrected chi connectivity index (χ1v) is 10.6. The summed E-state index contributed by atoms with van der Waals surface area (Å²) < 4.78 is 7.11. The molecule has 0 fully saturated rings. The summed E-state index contributed by atoms with van der Waals surface area (Å²) in [6.07, 6.45) is 3.26. The zero-order valence-electron chi connectivity index (χ0n) is 15.1. The third kappa shape index (κ3) is 4.37. The van der Waals surface area contributed by atoms with Crippen molar-refractivity contribution in [2.45, 2.75) is 38.5 Å². The van der Waals surface area contributed by atoms with Crippen LogP contribution in [0.15, 0.2) is 34.8 Å². The fraction of sp³-hybridized carbons (Fsp3) is 0.333. The van der Waals surface area contributed by atoms with Gasteiger partial charge in [-0.3, -0.25) is 4.79 Å². The average molecular weight is 543 g/mol. The molecule has 1 aliphatic rings. The van der Waals surface area contributed by atoms with Crippen molar-refractivity contribution in [1.29, 1.82) is 0 Å². The second kappa shape index (κ2) is 7.91. The second-order valence-corrected chi connectivity index (χ2v) is 9.41. The molecule has 0 atom stereocenters. The molecule has 0 spiro atoms. The number of fused-ring (bicyclic) bond motifs is 1. The van der Waals surface area contributed by atoms with Crippen molar-refractivity contribution in [2.24, 2.45) is 0 Å². The maximum absolute atomic E-state index is 12.7. The van der Waals surface area contributed by atoms with Gasteiger partial charge in [0.15, 0.2) is 6.61 Å². The fourth-order valence-electron chi connectivity index (χ4n) is 3.50. The number of ether oxygens (including phenoxy) is 1. The van der Waals surface area contributed by atoms with E-state index in [2.05, 4.69) is 35.8 Å². The first-order valence-electron chi connectivity index (χ1n) is 8.71. The molecule has 2 aromatic carbocycles. The number of carboxylic acid groups (broad SMARTS) is 1. The monoisotopic (exact) mass is 542 g/mol. The van der Waals surface area contributed by atoms with Crippen LogP contribution in [-0.2, 0) is 11.8 Å². The van der Waals surface area contributed by atoms with Gasteiger partial charge in [0.2, 0.25) is 5.78 Å². The highest BCUT2D eigenvalue weighted by Crippen LogP contribution is 2.39. The van der Waals surface area contributed by atoms with Crippen LogP contribution in [0.5, 0.6) is 5.75 Å². The number of halogens is 2. The number of rotatable bonds is 5. The number of carbonyl (C=O) groups is 2. The normalized spacial score (nSPS) is 15.1. The zero-order chi connectivity index (χ0) is 19.8. The number of carbonyl (C=O) groups excluding carboxylic acids is 1. The summed E-state index contributed by atoms with van der Waals surface area (Å²) >= 11 is 5.56. The number of hydrogen-bond donors (Lipinski definition) is 1. The third-order valence-electron chi connectivity index (χ3n) is 5.01. The van der Waals surface area contributed by atoms with E-state index in [-0.39, 0.29) is 23.4 Å². The zero-order valence-corrected chi connectivity index (χ0v) is 18.9. The maximum Gasteiger partial charge on any atom is 0.335 e. The second-order valence-electron chi connectivity index (χ2n) is 7.39. The predicted molar refractivity (Wildman–Crippen MR) is 116 cm³/mol. The van der Waals surface area contributed by atoms with E-state index in [9.17, 15) is 9.59 Å². The topological polar surface area (TPSA) is 63.6 Å². The van der Waals surface area contributed by atoms with Crippen molar-refractivity contribution in [1.82, 2.24) is 0 Å². The minimum Gasteiger partial charge on any atom is -0.484 e. The Hall–Kier alpha value is -1.41. The summed E-state index contributed by atoms with van der Waals surface area (Å²) in [5, 5.41) is 9.03. The quantitative estimate of drug-likeness (QED) is 0.393. The van der Waals surface area contributed by atoms with E-state index in [1.54, 1.807) is 6.07 Å². The van der Waals surface area contributed by atoms with Gasteiger partial charge in [-0.1, -0.05) is 29.8 Å². The molecule has 4 nitrogen and oxygen atoms in total. The van der Waals surface area contributed by atoms with Gasteiger partial charge in [-0.05, 0) is 88.7 Å². The molecule has 0 saturated heterocycles. The Kier molecular flexibility index (Phi) is 5.96. The molecule has 0 saturated carbocycles. The molecule has 0 amide bonds. The third-order valence-corrected chi connectivity index (χ3v) is 6.51. The Morgan fingerprint density at radius 1 is 1.26 bits per heavy atom. The Bertz CT molecular complexity index is 921. The first-order chi connectivity index (χ1) is 12.7. The van der Waals surface area contributed by atoms with Crippen LogP contribution < -0.4 is 4.74 Å². The van der Waals surface area contributed by atoms with E-state index in [1.807, 2.05) is 28.7 Å². The molecule has 3 rings (SSSR count). The number of carboxylic acids is 1. The maximum atomic E-state index is 12.7. The van der Waals surface area contributed by atoms with Gasteiger partial charge >= 0.3 is 5.97 Å². The van der Waals surface area contributed by atoms with Crippen molar-refractivity contribution in [3.63, 3.8) is 0 Å². The summed E-state index contributed by atoms with van der Waals surface area (Å²) in [6.45, 7) is 4.39. The summed E-state index contributed by atoms with van der Waals surface area (Å²) in [6, 6.07) is 8.65. The fourth-order valence-corrected chi connectivity index (χ4v) is 4.73. The lowest BCUT2D eigenvalue weighted by Crippen LogP contribution is -2.24. The van der Waals surface area contributed by atoms with Gasteiger partial charge in [-0.2, -0.15) is 0 Å². The van der Waals surface area contributed by atoms with Crippen molar-refractivity contribution in [3.05, 3.63) is 60.6 Å². The molecular weight excluding hydrogens is 523 g/mol. The molecule has 6 heteroatoms. The molecule has 2 aromatic rings. The van der Waals surface area contributed by atoms with Crippen LogP contribution >= 0.6 is 38.5 Å². The van der Waals surface area contributed by atoms with Gasteiger partial charge in [-0.25, -0.2) is 4.79 Å². The Labute approximate surface area is 180 Å². The standard InChI is InChI=1S/C21H20BrIO4/c1-21(2)7-3-4-12-8-14(16(22)10-15(12)21)18(24)11-27-19-6-5-13(20(25)26)9-17(19)23/h5-6,8-10H,3-4,7,11H2,1-2H3,(H,25,26). The van der Waals surface area contributed by atoms with Crippen LogP contribution in [0.2, 0.25) is 0 Å². The predicted octanol–water partition coefficient (Wildman–Crippen LogP) is 5.63. The minimum absolute atomic E-state index is 0.0940. The molecule has 0 aliphatic heterocycles. The Morgan fingerprint density at radius 3 is 2.67 bits per heavy atom. The van der Waals surface area contributed by atoms with E-state index in [1.165, 1.54) is 23.3 Å². The van der Waals surface area contributed by atoms with Crippen LogP contribution in [0.1, 0.15) is 58.5 Å². The molecule has 27 heavy (non-hydrogen) atoms. The van der Waals surface area contributed by atoms with Gasteiger partial charge in [0.25, 0.3) is 0 Å². The first kappa shape index (κ1) is 20.3. The van der Waals surface area contributed by atoms with Crippen molar-refractivity contribution < 1.29 is 19.4 Å². The van der Waals surface area contributed by atoms with Gasteiger partial charge < -0.3 is 9.84 Å². The molecular formula is C21H20BrIO4. The van der Waals surface area contributed by atoms with Crippen LogP contribution in [0, 0.1) is 3.57 Å². The number of hydrogen-bond acceptors (Lipinski definition) is 3. The minimum atomic E-state index is -0.989. The summed E-state index contributed by atoms with van der Waals surface area (Å²) in [7, 11) is 0. The highest BCUT2D eigenvalue weighted by atomic mass is 127. The molecule has 0 bridgehead atoms. The van der Waals surface area contributed by atoms with Crippen molar-refractivity contribution in [3.8, 4) is 5.75 Å². The lowest BCUT2D eigenvalue weighted by atomic mass is 9.72. The Morgan fingerprint density at radius 2 is 2.00 bits per heavy atom. The number of benzene rings is 2. The van der Waals surface area contributed by atoms with Gasteiger partial charge in [-0.15, -0.1) is 0 Å². The van der Waals surface area contributed by atoms with E-state index in [4.69, 9.17) is 9.84 Å². The largest absolute Gasteiger partial charge is 0.484 e. The van der Waals surface area contributed by atoms with Crippen LogP contribution in [0.25, 0.3) is 0 Å². The van der Waals surface area contributed by atoms with Crippen LogP contribution in [0.4, 0.5) is 0 Å². The lowest BCUT2D eigenvalue weighted by Gasteiger charge is -2.33. The van der Waals surface area contributed by atoms with E-state index in [0.29, 0.717) is 14.9 Å². The number of aryl methyl sites for hydroxylation is 1. The molecule has 0 aromatic heterocycles. The van der Waals surface area contributed by atoms with E-state index < -0.39 is 5.97 Å². The molecule has 0 radical (unpaired) electrons. The molecule has 0 heterocycles. The lowest BCUT2D eigenvalue weighted by molar-refractivity contribution is 0.0696. The van der Waals surface area contributed by atoms with Crippen molar-refractivity contribution in [2.75, 3.05) is 6.61 Å². The smallest absolute Gasteiger partial charge is 0.335 e. The van der Waals surface area contributed by atoms with Crippen LogP contribution in [-0.4, -0.2) is 23.5 Å². The number of ketones is 1. The highest BCUT2D eigenvalue weighted by molar-refractivity contribution is 14.1. The highest BCUT2D eigenvalue weighted by Gasteiger charge is 2.29. The Balaban J connectivity index is 1.78. The van der Waals surface area contributed by atoms with Gasteiger partial charge in [0.05, 0.1) is 9.13 Å². The molecule has 1 aliphatic carbocycles. The summed E-state index contributed by atoms with van der Waals surface area (Å²) in [5.74, 6) is -0.591. The van der Waals surface area contributed by atoms with Gasteiger partial charge in [0.1, 0.15) is 5.75 Å². The van der Waals surface area contributed by atoms with Crippen molar-refractivity contribution >= 4 is 50.3 Å². The van der Waals surface area contributed by atoms with Gasteiger partial charge in [0, 0.05) is 10.0 Å². The van der Waals surface area contributed by atoms with Crippen LogP contribution in [0.3, 0.4) is 0 Å².